The van der Waals surface area contributed by atoms with Crippen LogP contribution in [0.3, 0.4) is 0 Å². The summed E-state index contributed by atoms with van der Waals surface area (Å²) >= 11 is 1.74. The van der Waals surface area contributed by atoms with Gasteiger partial charge >= 0.3 is 0 Å². The molecule has 1 aromatic carbocycles. The van der Waals surface area contributed by atoms with E-state index < -0.39 is 0 Å². The van der Waals surface area contributed by atoms with Gasteiger partial charge in [0.25, 0.3) is 0 Å². The van der Waals surface area contributed by atoms with E-state index in [9.17, 15) is 0 Å². The Bertz CT molecular complexity index is 403. The van der Waals surface area contributed by atoms with Crippen molar-refractivity contribution in [2.24, 2.45) is 0 Å². The van der Waals surface area contributed by atoms with E-state index in [1.54, 1.807) is 18.4 Å². The summed E-state index contributed by atoms with van der Waals surface area (Å²) in [5, 5.41) is 4.29. The van der Waals surface area contributed by atoms with E-state index in [-0.39, 0.29) is 0 Å². The molecule has 0 aliphatic heterocycles. The van der Waals surface area contributed by atoms with Crippen molar-refractivity contribution < 1.29 is 4.74 Å². The summed E-state index contributed by atoms with van der Waals surface area (Å²) in [5.74, 6) is 0. The summed E-state index contributed by atoms with van der Waals surface area (Å²) in [6.45, 7) is 0.840. The third-order valence-electron chi connectivity index (χ3n) is 2.62. The first-order valence-electron chi connectivity index (χ1n) is 5.50. The van der Waals surface area contributed by atoms with Crippen molar-refractivity contribution in [1.82, 2.24) is 0 Å². The second kappa shape index (κ2) is 5.83. The molecule has 0 amide bonds. The third-order valence-corrected chi connectivity index (χ3v) is 3.31. The fourth-order valence-corrected chi connectivity index (χ4v) is 2.38. The van der Waals surface area contributed by atoms with Crippen LogP contribution in [-0.2, 0) is 11.2 Å². The first-order valence-corrected chi connectivity index (χ1v) is 6.45. The van der Waals surface area contributed by atoms with Gasteiger partial charge in [0.1, 0.15) is 0 Å². The van der Waals surface area contributed by atoms with Gasteiger partial charge in [-0.25, -0.2) is 0 Å². The van der Waals surface area contributed by atoms with Crippen molar-refractivity contribution in [1.29, 1.82) is 0 Å². The molecule has 0 bridgehead atoms. The summed E-state index contributed by atoms with van der Waals surface area (Å²) < 4.78 is 5.05. The van der Waals surface area contributed by atoms with Crippen LogP contribution in [0.25, 0.3) is 11.1 Å². The molecule has 0 saturated heterocycles. The van der Waals surface area contributed by atoms with Crippen molar-refractivity contribution in [2.75, 3.05) is 13.7 Å². The highest BCUT2D eigenvalue weighted by Crippen LogP contribution is 2.22. The Morgan fingerprint density at radius 2 is 1.88 bits per heavy atom. The van der Waals surface area contributed by atoms with Gasteiger partial charge in [0.2, 0.25) is 0 Å². The standard InChI is InChI=1S/C14H16OS/c1-15-9-2-3-12-4-6-13(7-5-12)14-8-10-16-11-14/h4-8,10-11H,2-3,9H2,1H3. The molecule has 0 radical (unpaired) electrons. The van der Waals surface area contributed by atoms with Crippen molar-refractivity contribution in [3.8, 4) is 11.1 Å². The lowest BCUT2D eigenvalue weighted by Crippen LogP contribution is -1.92. The van der Waals surface area contributed by atoms with Gasteiger partial charge in [-0.15, -0.1) is 0 Å². The Morgan fingerprint density at radius 3 is 2.50 bits per heavy atom. The molecule has 0 N–H and O–H groups in total. The lowest BCUT2D eigenvalue weighted by Gasteiger charge is -2.02. The van der Waals surface area contributed by atoms with Crippen LogP contribution in [0.4, 0.5) is 0 Å². The number of ether oxygens (including phenoxy) is 1. The van der Waals surface area contributed by atoms with Gasteiger partial charge in [0, 0.05) is 13.7 Å². The quantitative estimate of drug-likeness (QED) is 0.708. The number of benzene rings is 1. The van der Waals surface area contributed by atoms with Crippen LogP contribution in [0.5, 0.6) is 0 Å². The molecule has 0 aliphatic carbocycles. The highest BCUT2D eigenvalue weighted by Gasteiger charge is 1.98. The molecule has 2 rings (SSSR count). The molecule has 0 atom stereocenters. The molecule has 1 heterocycles. The van der Waals surface area contributed by atoms with Crippen molar-refractivity contribution in [3.63, 3.8) is 0 Å². The molecule has 0 saturated carbocycles. The van der Waals surface area contributed by atoms with Gasteiger partial charge in [-0.1, -0.05) is 24.3 Å². The van der Waals surface area contributed by atoms with Crippen molar-refractivity contribution in [3.05, 3.63) is 46.7 Å². The lowest BCUT2D eigenvalue weighted by molar-refractivity contribution is 0.195. The maximum absolute atomic E-state index is 5.05. The molecule has 2 aromatic rings. The van der Waals surface area contributed by atoms with E-state index in [0.717, 1.165) is 19.4 Å². The van der Waals surface area contributed by atoms with Crippen LogP contribution in [-0.4, -0.2) is 13.7 Å². The summed E-state index contributed by atoms with van der Waals surface area (Å²) in [4.78, 5) is 0. The van der Waals surface area contributed by atoms with Gasteiger partial charge in [0.15, 0.2) is 0 Å². The first kappa shape index (κ1) is 11.4. The Hall–Kier alpha value is -1.12. The zero-order chi connectivity index (χ0) is 11.2. The molecule has 0 spiro atoms. The third kappa shape index (κ3) is 2.94. The smallest absolute Gasteiger partial charge is 0.0465 e. The minimum absolute atomic E-state index is 0.840. The van der Waals surface area contributed by atoms with Gasteiger partial charge < -0.3 is 4.74 Å². The minimum Gasteiger partial charge on any atom is -0.385 e. The predicted octanol–water partition coefficient (Wildman–Crippen LogP) is 3.99. The average Bonchev–Trinajstić information content (AvgIpc) is 2.84. The van der Waals surface area contributed by atoms with Crippen LogP contribution < -0.4 is 0 Å². The SMILES string of the molecule is COCCCc1ccc(-c2ccsc2)cc1. The predicted molar refractivity (Wildman–Crippen MR) is 70.0 cm³/mol. The van der Waals surface area contributed by atoms with E-state index >= 15 is 0 Å². The Kier molecular flexibility index (Phi) is 4.14. The second-order valence-corrected chi connectivity index (χ2v) is 4.59. The molecule has 0 fully saturated rings. The van der Waals surface area contributed by atoms with Crippen molar-refractivity contribution >= 4 is 11.3 Å². The molecule has 0 unspecified atom stereocenters. The maximum Gasteiger partial charge on any atom is 0.0465 e. The maximum atomic E-state index is 5.05. The molecule has 2 heteroatoms. The minimum atomic E-state index is 0.840. The van der Waals surface area contributed by atoms with Gasteiger partial charge in [-0.2, -0.15) is 11.3 Å². The zero-order valence-corrected chi connectivity index (χ0v) is 10.3. The number of methoxy groups -OCH3 is 1. The fraction of sp³-hybridized carbons (Fsp3) is 0.286. The fourth-order valence-electron chi connectivity index (χ4n) is 1.71. The number of hydrogen-bond donors (Lipinski definition) is 0. The summed E-state index contributed by atoms with van der Waals surface area (Å²) in [6, 6.07) is 11.0. The highest BCUT2D eigenvalue weighted by atomic mass is 32.1. The van der Waals surface area contributed by atoms with Crippen LogP contribution in [0.2, 0.25) is 0 Å². The average molecular weight is 232 g/mol. The van der Waals surface area contributed by atoms with Crippen LogP contribution >= 0.6 is 11.3 Å². The van der Waals surface area contributed by atoms with Gasteiger partial charge in [-0.3, -0.25) is 0 Å². The Balaban J connectivity index is 2.00. The van der Waals surface area contributed by atoms with E-state index in [2.05, 4.69) is 41.1 Å². The molecule has 16 heavy (non-hydrogen) atoms. The number of hydrogen-bond acceptors (Lipinski definition) is 2. The molecule has 1 aromatic heterocycles. The van der Waals surface area contributed by atoms with E-state index in [1.165, 1.54) is 16.7 Å². The van der Waals surface area contributed by atoms with Gasteiger partial charge in [0.05, 0.1) is 0 Å². The topological polar surface area (TPSA) is 9.23 Å². The van der Waals surface area contributed by atoms with E-state index in [4.69, 9.17) is 4.74 Å². The lowest BCUT2D eigenvalue weighted by atomic mass is 10.0. The zero-order valence-electron chi connectivity index (χ0n) is 9.48. The molecular formula is C14H16OS. The van der Waals surface area contributed by atoms with Crippen LogP contribution in [0, 0.1) is 0 Å². The number of thiophene rings is 1. The second-order valence-electron chi connectivity index (χ2n) is 3.81. The van der Waals surface area contributed by atoms with Crippen molar-refractivity contribution in [2.45, 2.75) is 12.8 Å². The molecular weight excluding hydrogens is 216 g/mol. The number of aryl methyl sites for hydroxylation is 1. The summed E-state index contributed by atoms with van der Waals surface area (Å²) in [7, 11) is 1.75. The molecule has 0 aliphatic rings. The summed E-state index contributed by atoms with van der Waals surface area (Å²) in [5.41, 5.74) is 4.00. The number of rotatable bonds is 5. The normalized spacial score (nSPS) is 10.6. The highest BCUT2D eigenvalue weighted by molar-refractivity contribution is 7.08. The van der Waals surface area contributed by atoms with Crippen LogP contribution in [0.1, 0.15) is 12.0 Å². The van der Waals surface area contributed by atoms with E-state index in [1.807, 2.05) is 0 Å². The monoisotopic (exact) mass is 232 g/mol. The Labute approximate surface area is 101 Å². The Morgan fingerprint density at radius 1 is 1.06 bits per heavy atom. The van der Waals surface area contributed by atoms with E-state index in [0.29, 0.717) is 0 Å². The molecule has 1 nitrogen and oxygen atoms in total. The van der Waals surface area contributed by atoms with Crippen LogP contribution in [0.15, 0.2) is 41.1 Å². The first-order chi connectivity index (χ1) is 7.90. The largest absolute Gasteiger partial charge is 0.385 e. The van der Waals surface area contributed by atoms with Gasteiger partial charge in [-0.05, 0) is 46.4 Å². The molecule has 84 valence electrons. The summed E-state index contributed by atoms with van der Waals surface area (Å²) in [6.07, 6.45) is 2.19.